The molecule has 0 radical (unpaired) electrons. The summed E-state index contributed by atoms with van der Waals surface area (Å²) in [5.74, 6) is -0.184. The fraction of sp³-hybridized carbons (Fsp3) is 0.692. The van der Waals surface area contributed by atoms with Gasteiger partial charge >= 0.3 is 5.97 Å². The summed E-state index contributed by atoms with van der Waals surface area (Å²) in [6, 6.07) is 0. The van der Waals surface area contributed by atoms with Crippen LogP contribution in [0, 0.1) is 0 Å². The molecule has 1 aliphatic rings. The first kappa shape index (κ1) is 13.7. The minimum atomic E-state index is -0.307. The van der Waals surface area contributed by atoms with Crippen molar-refractivity contribution in [2.75, 3.05) is 13.2 Å². The summed E-state index contributed by atoms with van der Waals surface area (Å²) in [5.41, 5.74) is 1.43. The number of hydrogen-bond acceptors (Lipinski definition) is 3. The number of likely N-dealkylation sites (tertiary alicyclic amines) is 1. The van der Waals surface area contributed by atoms with E-state index in [0.717, 1.165) is 18.5 Å². The van der Waals surface area contributed by atoms with Gasteiger partial charge < -0.3 is 9.64 Å². The Morgan fingerprint density at radius 2 is 2.06 bits per heavy atom. The van der Waals surface area contributed by atoms with Gasteiger partial charge in [-0.1, -0.05) is 13.3 Å². The monoisotopic (exact) mass is 239 g/mol. The summed E-state index contributed by atoms with van der Waals surface area (Å²) in [4.78, 5) is 25.1. The molecule has 4 heteroatoms. The molecule has 0 unspecified atom stereocenters. The highest BCUT2D eigenvalue weighted by atomic mass is 16.5. The Hall–Kier alpha value is -1.32. The zero-order chi connectivity index (χ0) is 12.8. The molecule has 0 N–H and O–H groups in total. The van der Waals surface area contributed by atoms with Gasteiger partial charge in [0.2, 0.25) is 5.91 Å². The normalized spacial score (nSPS) is 18.5. The van der Waals surface area contributed by atoms with Gasteiger partial charge in [-0.05, 0) is 26.7 Å². The fourth-order valence-electron chi connectivity index (χ4n) is 1.97. The molecule has 1 aliphatic heterocycles. The zero-order valence-corrected chi connectivity index (χ0v) is 10.9. The first-order valence-electron chi connectivity index (χ1n) is 6.29. The molecule has 0 spiro atoms. The number of esters is 1. The minimum Gasteiger partial charge on any atom is -0.463 e. The second-order valence-corrected chi connectivity index (χ2v) is 4.19. The van der Waals surface area contributed by atoms with Crippen LogP contribution in [0.2, 0.25) is 0 Å². The Morgan fingerprint density at radius 3 is 2.65 bits per heavy atom. The Labute approximate surface area is 103 Å². The molecule has 0 bridgehead atoms. The van der Waals surface area contributed by atoms with Gasteiger partial charge in [0.15, 0.2) is 0 Å². The minimum absolute atomic E-state index is 0.122. The molecular formula is C13H21NO3. The van der Waals surface area contributed by atoms with Gasteiger partial charge in [-0.15, -0.1) is 0 Å². The molecule has 1 rings (SSSR count). The second-order valence-electron chi connectivity index (χ2n) is 4.19. The topological polar surface area (TPSA) is 46.6 Å². The molecule has 1 heterocycles. The van der Waals surface area contributed by atoms with Crippen molar-refractivity contribution in [1.29, 1.82) is 0 Å². The van der Waals surface area contributed by atoms with Gasteiger partial charge in [-0.25, -0.2) is 4.79 Å². The lowest BCUT2D eigenvalue weighted by Gasteiger charge is -2.19. The number of carbonyl (C=O) groups is 2. The summed E-state index contributed by atoms with van der Waals surface area (Å²) < 4.78 is 4.97. The molecule has 1 amide bonds. The number of ether oxygens (including phenoxy) is 1. The average molecular weight is 239 g/mol. The Bertz CT molecular complexity index is 334. The molecule has 1 saturated heterocycles. The molecule has 17 heavy (non-hydrogen) atoms. The van der Waals surface area contributed by atoms with Crippen LogP contribution < -0.4 is 0 Å². The molecular weight excluding hydrogens is 218 g/mol. The van der Waals surface area contributed by atoms with Gasteiger partial charge in [0.05, 0.1) is 12.2 Å². The van der Waals surface area contributed by atoms with E-state index in [1.807, 2.05) is 0 Å². The largest absolute Gasteiger partial charge is 0.463 e. The van der Waals surface area contributed by atoms with Crippen LogP contribution in [0.4, 0.5) is 0 Å². The third-order valence-electron chi connectivity index (χ3n) is 2.95. The van der Waals surface area contributed by atoms with Gasteiger partial charge in [0.25, 0.3) is 0 Å². The number of unbranched alkanes of at least 4 members (excludes halogenated alkanes) is 1. The predicted molar refractivity (Wildman–Crippen MR) is 65.2 cm³/mol. The van der Waals surface area contributed by atoms with Gasteiger partial charge in [-0.3, -0.25) is 4.79 Å². The van der Waals surface area contributed by atoms with Crippen LogP contribution in [0.5, 0.6) is 0 Å². The number of nitrogens with zero attached hydrogens (tertiary/aromatic N) is 1. The summed E-state index contributed by atoms with van der Waals surface area (Å²) >= 11 is 0. The van der Waals surface area contributed by atoms with Crippen molar-refractivity contribution in [3.8, 4) is 0 Å². The van der Waals surface area contributed by atoms with Crippen molar-refractivity contribution in [2.24, 2.45) is 0 Å². The fourth-order valence-corrected chi connectivity index (χ4v) is 1.97. The van der Waals surface area contributed by atoms with Crippen molar-refractivity contribution in [2.45, 2.75) is 46.5 Å². The predicted octanol–water partition coefficient (Wildman–Crippen LogP) is 2.25. The van der Waals surface area contributed by atoms with Crippen LogP contribution in [0.3, 0.4) is 0 Å². The Morgan fingerprint density at radius 1 is 1.35 bits per heavy atom. The van der Waals surface area contributed by atoms with Crippen molar-refractivity contribution in [1.82, 2.24) is 4.90 Å². The first-order valence-corrected chi connectivity index (χ1v) is 6.29. The van der Waals surface area contributed by atoms with E-state index in [4.69, 9.17) is 4.74 Å². The van der Waals surface area contributed by atoms with Crippen LogP contribution >= 0.6 is 0 Å². The maximum absolute atomic E-state index is 11.7. The van der Waals surface area contributed by atoms with Crippen LogP contribution in [0.1, 0.15) is 46.5 Å². The summed E-state index contributed by atoms with van der Waals surface area (Å²) in [7, 11) is 0. The highest BCUT2D eigenvalue weighted by Crippen LogP contribution is 2.26. The summed E-state index contributed by atoms with van der Waals surface area (Å²) in [5, 5.41) is 0. The van der Waals surface area contributed by atoms with Crippen molar-refractivity contribution < 1.29 is 14.3 Å². The molecule has 1 fully saturated rings. The number of amides is 1. The van der Waals surface area contributed by atoms with Crippen molar-refractivity contribution in [3.63, 3.8) is 0 Å². The van der Waals surface area contributed by atoms with Crippen LogP contribution in [-0.2, 0) is 14.3 Å². The lowest BCUT2D eigenvalue weighted by Crippen LogP contribution is -2.26. The number of rotatable bonds is 5. The van der Waals surface area contributed by atoms with E-state index >= 15 is 0 Å². The molecule has 0 saturated carbocycles. The zero-order valence-electron chi connectivity index (χ0n) is 10.9. The molecule has 0 aromatic rings. The lowest BCUT2D eigenvalue weighted by atomic mass is 10.2. The van der Waals surface area contributed by atoms with Gasteiger partial charge in [0.1, 0.15) is 0 Å². The quantitative estimate of drug-likeness (QED) is 0.546. The highest BCUT2D eigenvalue weighted by Gasteiger charge is 2.28. The maximum atomic E-state index is 11.7. The molecule has 0 aromatic heterocycles. The molecule has 96 valence electrons. The third kappa shape index (κ3) is 3.32. The van der Waals surface area contributed by atoms with Crippen LogP contribution in [-0.4, -0.2) is 29.9 Å². The van der Waals surface area contributed by atoms with E-state index in [9.17, 15) is 9.59 Å². The van der Waals surface area contributed by atoms with E-state index < -0.39 is 0 Å². The number of hydrogen-bond donors (Lipinski definition) is 0. The lowest BCUT2D eigenvalue weighted by molar-refractivity contribution is -0.138. The van der Waals surface area contributed by atoms with Crippen LogP contribution in [0.25, 0.3) is 0 Å². The van der Waals surface area contributed by atoms with E-state index in [0.29, 0.717) is 31.6 Å². The molecule has 0 aliphatic carbocycles. The van der Waals surface area contributed by atoms with Gasteiger partial charge in [-0.2, -0.15) is 0 Å². The van der Waals surface area contributed by atoms with Crippen molar-refractivity contribution >= 4 is 11.9 Å². The summed E-state index contributed by atoms with van der Waals surface area (Å²) in [6.45, 7) is 6.69. The Kier molecular flexibility index (Phi) is 5.19. The second kappa shape index (κ2) is 6.42. The average Bonchev–Trinajstić information content (AvgIpc) is 2.67. The van der Waals surface area contributed by atoms with E-state index in [-0.39, 0.29) is 11.9 Å². The SMILES string of the molecule is CCCCN1C(=O)CC/C1=C(/C)C(=O)OCC. The van der Waals surface area contributed by atoms with Crippen LogP contribution in [0.15, 0.2) is 11.3 Å². The van der Waals surface area contributed by atoms with E-state index in [1.54, 1.807) is 18.7 Å². The standard InChI is InChI=1S/C13H21NO3/c1-4-6-9-14-11(7-8-12(14)15)10(3)13(16)17-5-2/h4-9H2,1-3H3/b11-10+. The molecule has 4 nitrogen and oxygen atoms in total. The van der Waals surface area contributed by atoms with E-state index in [1.165, 1.54) is 0 Å². The highest BCUT2D eigenvalue weighted by molar-refractivity contribution is 5.91. The van der Waals surface area contributed by atoms with E-state index in [2.05, 4.69) is 6.92 Å². The number of allylic oxidation sites excluding steroid dienone is 1. The molecule has 0 atom stereocenters. The number of carbonyl (C=O) groups excluding carboxylic acids is 2. The molecule has 0 aromatic carbocycles. The third-order valence-corrected chi connectivity index (χ3v) is 2.95. The van der Waals surface area contributed by atoms with Gasteiger partial charge in [0, 0.05) is 18.7 Å². The van der Waals surface area contributed by atoms with Crippen molar-refractivity contribution in [3.05, 3.63) is 11.3 Å². The maximum Gasteiger partial charge on any atom is 0.335 e. The first-order chi connectivity index (χ1) is 8.11. The Balaban J connectivity index is 2.82. The smallest absolute Gasteiger partial charge is 0.335 e. The summed E-state index contributed by atoms with van der Waals surface area (Å²) in [6.07, 6.45) is 3.17.